The Hall–Kier alpha value is -3.12. The zero-order chi connectivity index (χ0) is 18.3. The molecule has 12 heteroatoms. The normalized spacial score (nSPS) is 8.62. The number of hydrogen-bond acceptors (Lipinski definition) is 6. The van der Waals surface area contributed by atoms with Gasteiger partial charge in [0.2, 0.25) is 0 Å². The molecule has 2 rings (SSSR count). The van der Waals surface area contributed by atoms with Gasteiger partial charge in [-0.25, -0.2) is 9.59 Å². The molecule has 10 nitrogen and oxygen atoms in total. The number of hydrogen-bond donors (Lipinski definition) is 2. The molecule has 0 aliphatic rings. The Morgan fingerprint density at radius 1 is 0.692 bits per heavy atom. The van der Waals surface area contributed by atoms with Crippen LogP contribution in [0.2, 0.25) is 0 Å². The second-order valence-corrected chi connectivity index (χ2v) is 4.16. The fourth-order valence-corrected chi connectivity index (χ4v) is 1.63. The molecule has 0 heterocycles. The van der Waals surface area contributed by atoms with E-state index in [2.05, 4.69) is 0 Å². The molecule has 2 aromatic carbocycles. The van der Waals surface area contributed by atoms with Gasteiger partial charge in [-0.2, -0.15) is 27.0 Å². The predicted octanol–water partition coefficient (Wildman–Crippen LogP) is 2.81. The van der Waals surface area contributed by atoms with Crippen LogP contribution < -0.4 is 0 Å². The first kappa shape index (κ1) is 25.1. The van der Waals surface area contributed by atoms with E-state index in [1.54, 1.807) is 0 Å². The van der Waals surface area contributed by atoms with Gasteiger partial charge in [-0.05, 0) is 12.1 Å². The Labute approximate surface area is 160 Å². The van der Waals surface area contributed by atoms with Crippen LogP contribution in [0.25, 0.3) is 0 Å². The summed E-state index contributed by atoms with van der Waals surface area (Å²) >= 11 is 0. The van der Waals surface area contributed by atoms with Crippen molar-refractivity contribution in [1.29, 1.82) is 0 Å². The molecule has 0 spiro atoms. The van der Waals surface area contributed by atoms with E-state index in [0.717, 1.165) is 12.1 Å². The Bertz CT molecular complexity index is 680. The Morgan fingerprint density at radius 2 is 0.962 bits per heavy atom. The lowest BCUT2D eigenvalue weighted by Crippen LogP contribution is -2.01. The van der Waals surface area contributed by atoms with Crippen LogP contribution in [0.3, 0.4) is 0 Å². The number of para-hydroxylation sites is 2. The summed E-state index contributed by atoms with van der Waals surface area (Å²) in [4.78, 5) is 39.9. The molecule has 0 fully saturated rings. The third-order valence-corrected chi connectivity index (χ3v) is 2.66. The molecule has 0 aromatic heterocycles. The van der Waals surface area contributed by atoms with Gasteiger partial charge in [0.25, 0.3) is 11.4 Å². The molecule has 0 amide bonds. The zero-order valence-electron chi connectivity index (χ0n) is 12.9. The first-order valence-electron chi connectivity index (χ1n) is 6.19. The van der Waals surface area contributed by atoms with E-state index in [0.29, 0.717) is 0 Å². The monoisotopic (exact) mass is 402 g/mol. The van der Waals surface area contributed by atoms with Crippen molar-refractivity contribution in [1.82, 2.24) is 0 Å². The van der Waals surface area contributed by atoms with Gasteiger partial charge in [0.15, 0.2) is 0 Å². The summed E-state index contributed by atoms with van der Waals surface area (Å²) < 4.78 is 0. The van der Waals surface area contributed by atoms with Crippen molar-refractivity contribution in [2.75, 3.05) is 0 Å². The third-order valence-electron chi connectivity index (χ3n) is 2.66. The summed E-state index contributed by atoms with van der Waals surface area (Å²) in [6, 6.07) is 10.4. The fourth-order valence-electron chi connectivity index (χ4n) is 1.63. The van der Waals surface area contributed by atoms with E-state index in [4.69, 9.17) is 10.2 Å². The predicted molar refractivity (Wildman–Crippen MR) is 101 cm³/mol. The molecule has 0 atom stereocenters. The molecule has 26 heavy (non-hydrogen) atoms. The SMILES string of the molecule is O=C(O)c1ccccc1[N+](=O)[O-].O=C(O)c1ccccc1[N+](=O)[O-].S.S. The lowest BCUT2D eigenvalue weighted by Gasteiger charge is -1.94. The van der Waals surface area contributed by atoms with Crippen molar-refractivity contribution in [3.63, 3.8) is 0 Å². The second kappa shape index (κ2) is 11.4. The topological polar surface area (TPSA) is 161 Å². The molecule has 140 valence electrons. The largest absolute Gasteiger partial charge is 0.477 e. The van der Waals surface area contributed by atoms with Crippen LogP contribution in [0, 0.1) is 20.2 Å². The number of benzene rings is 2. The van der Waals surface area contributed by atoms with Crippen LogP contribution in [-0.2, 0) is 0 Å². The zero-order valence-corrected chi connectivity index (χ0v) is 14.9. The van der Waals surface area contributed by atoms with Crippen molar-refractivity contribution in [3.8, 4) is 0 Å². The van der Waals surface area contributed by atoms with Crippen molar-refractivity contribution in [3.05, 3.63) is 79.9 Å². The average molecular weight is 402 g/mol. The lowest BCUT2D eigenvalue weighted by molar-refractivity contribution is -0.385. The van der Waals surface area contributed by atoms with Gasteiger partial charge in [-0.1, -0.05) is 24.3 Å². The van der Waals surface area contributed by atoms with E-state index in [1.165, 1.54) is 36.4 Å². The minimum atomic E-state index is -1.29. The number of aromatic carboxylic acids is 2. The van der Waals surface area contributed by atoms with Crippen LogP contribution in [0.15, 0.2) is 48.5 Å². The molecule has 2 aromatic rings. The summed E-state index contributed by atoms with van der Waals surface area (Å²) in [7, 11) is 0. The standard InChI is InChI=1S/2C7H5NO4.2H2S/c2*9-7(10)5-3-1-2-4-6(5)8(11)12;;/h2*1-4H,(H,9,10);2*1H2. The van der Waals surface area contributed by atoms with E-state index in [1.807, 2.05) is 0 Å². The summed E-state index contributed by atoms with van der Waals surface area (Å²) in [6.07, 6.45) is 0. The third kappa shape index (κ3) is 6.78. The molecule has 0 saturated carbocycles. The van der Waals surface area contributed by atoms with Crippen molar-refractivity contribution < 1.29 is 29.6 Å². The number of carboxylic acid groups (broad SMARTS) is 2. The van der Waals surface area contributed by atoms with Crippen LogP contribution in [0.5, 0.6) is 0 Å². The highest BCUT2D eigenvalue weighted by Gasteiger charge is 2.18. The number of nitrogens with zero attached hydrogens (tertiary/aromatic N) is 2. The van der Waals surface area contributed by atoms with Crippen molar-refractivity contribution in [2.24, 2.45) is 0 Å². The number of rotatable bonds is 4. The summed E-state index contributed by atoms with van der Waals surface area (Å²) in [5.41, 5.74) is -1.35. The Balaban J connectivity index is 0. The number of carboxylic acids is 2. The van der Waals surface area contributed by atoms with Gasteiger partial charge in [0, 0.05) is 12.1 Å². The van der Waals surface area contributed by atoms with E-state index < -0.39 is 21.8 Å². The highest BCUT2D eigenvalue weighted by Crippen LogP contribution is 2.17. The van der Waals surface area contributed by atoms with Gasteiger partial charge in [0.05, 0.1) is 9.85 Å². The maximum absolute atomic E-state index is 10.4. The van der Waals surface area contributed by atoms with Crippen LogP contribution in [0.1, 0.15) is 20.7 Å². The van der Waals surface area contributed by atoms with Gasteiger partial charge < -0.3 is 10.2 Å². The fraction of sp³-hybridized carbons (Fsp3) is 0. The Morgan fingerprint density at radius 3 is 1.15 bits per heavy atom. The number of carbonyl (C=O) groups is 2. The number of nitro groups is 2. The molecule has 0 unspecified atom stereocenters. The van der Waals surface area contributed by atoms with E-state index in [9.17, 15) is 29.8 Å². The molecular formula is C14H14N2O8S2. The summed E-state index contributed by atoms with van der Waals surface area (Å²) in [6.45, 7) is 0. The summed E-state index contributed by atoms with van der Waals surface area (Å²) in [5, 5.41) is 37.6. The molecule has 0 radical (unpaired) electrons. The van der Waals surface area contributed by atoms with Crippen LogP contribution in [0.4, 0.5) is 11.4 Å². The highest BCUT2D eigenvalue weighted by atomic mass is 32.1. The molecule has 0 aliphatic carbocycles. The second-order valence-electron chi connectivity index (χ2n) is 4.16. The van der Waals surface area contributed by atoms with Crippen LogP contribution >= 0.6 is 27.0 Å². The number of nitro benzene ring substituents is 2. The molecule has 2 N–H and O–H groups in total. The van der Waals surface area contributed by atoms with E-state index >= 15 is 0 Å². The summed E-state index contributed by atoms with van der Waals surface area (Å²) in [5.74, 6) is -2.58. The van der Waals surface area contributed by atoms with Crippen LogP contribution in [-0.4, -0.2) is 32.0 Å². The first-order valence-corrected chi connectivity index (χ1v) is 6.19. The van der Waals surface area contributed by atoms with Gasteiger partial charge in [-0.15, -0.1) is 0 Å². The maximum Gasteiger partial charge on any atom is 0.342 e. The van der Waals surface area contributed by atoms with E-state index in [-0.39, 0.29) is 49.5 Å². The van der Waals surface area contributed by atoms with Gasteiger partial charge >= 0.3 is 11.9 Å². The highest BCUT2D eigenvalue weighted by molar-refractivity contribution is 7.59. The van der Waals surface area contributed by atoms with Gasteiger partial charge in [0.1, 0.15) is 11.1 Å². The minimum Gasteiger partial charge on any atom is -0.477 e. The molecule has 0 saturated heterocycles. The molecule has 0 bridgehead atoms. The Kier molecular flexibility index (Phi) is 11.1. The quantitative estimate of drug-likeness (QED) is 0.583. The molecular weight excluding hydrogens is 388 g/mol. The first-order chi connectivity index (χ1) is 11.3. The van der Waals surface area contributed by atoms with Crippen molar-refractivity contribution >= 4 is 50.3 Å². The van der Waals surface area contributed by atoms with Gasteiger partial charge in [-0.3, -0.25) is 20.2 Å². The lowest BCUT2D eigenvalue weighted by atomic mass is 10.2. The van der Waals surface area contributed by atoms with Crippen molar-refractivity contribution in [2.45, 2.75) is 0 Å². The molecule has 0 aliphatic heterocycles. The minimum absolute atomic E-state index is 0. The maximum atomic E-state index is 10.4. The smallest absolute Gasteiger partial charge is 0.342 e. The average Bonchev–Trinajstić information content (AvgIpc) is 2.55.